The molecule has 0 N–H and O–H groups in total. The van der Waals surface area contributed by atoms with E-state index < -0.39 is 6.10 Å². The standard InChI is InChI=1S/C60H102O6/c1-4-7-10-13-16-19-22-25-27-29-30-31-33-35-38-41-44-47-50-53-59(62)65-56-57(55-64-58(61)52-49-46-43-40-37-34-24-21-18-15-12-9-6-3)66-60(63)54-51-48-45-42-39-36-32-28-26-23-20-17-14-11-8-5-2/h8,11,16-17,19-20,22,25-26,28,34,37,43,46,57H,4-7,9-10,12-15,18,21,23-24,27,29-33,35-36,38-42,44-45,47-56H2,1-3H3/b11-8-,19-16-,20-17-,25-22-,28-26-,37-34-,46-43-. The highest BCUT2D eigenvalue weighted by Crippen LogP contribution is 2.14. The number of hydrogen-bond donors (Lipinski definition) is 0. The lowest BCUT2D eigenvalue weighted by molar-refractivity contribution is -0.166. The van der Waals surface area contributed by atoms with E-state index in [2.05, 4.69) is 99.8 Å². The lowest BCUT2D eigenvalue weighted by Gasteiger charge is -2.18. The van der Waals surface area contributed by atoms with Gasteiger partial charge in [0.2, 0.25) is 0 Å². The van der Waals surface area contributed by atoms with Crippen molar-refractivity contribution in [2.45, 2.75) is 264 Å². The predicted molar refractivity (Wildman–Crippen MR) is 284 cm³/mol. The molecule has 378 valence electrons. The van der Waals surface area contributed by atoms with Gasteiger partial charge in [-0.05, 0) is 96.3 Å². The zero-order chi connectivity index (χ0) is 47.9. The number of ether oxygens (including phenoxy) is 3. The van der Waals surface area contributed by atoms with Crippen LogP contribution in [0.4, 0.5) is 0 Å². The minimum Gasteiger partial charge on any atom is -0.462 e. The van der Waals surface area contributed by atoms with Crippen LogP contribution in [0.25, 0.3) is 0 Å². The Labute approximate surface area is 407 Å². The largest absolute Gasteiger partial charge is 0.462 e. The highest BCUT2D eigenvalue weighted by molar-refractivity contribution is 5.71. The van der Waals surface area contributed by atoms with E-state index in [0.717, 1.165) is 83.5 Å². The summed E-state index contributed by atoms with van der Waals surface area (Å²) < 4.78 is 16.8. The molecule has 0 aromatic carbocycles. The highest BCUT2D eigenvalue weighted by Gasteiger charge is 2.19. The molecule has 0 aromatic rings. The summed E-state index contributed by atoms with van der Waals surface area (Å²) in [5.41, 5.74) is 0. The van der Waals surface area contributed by atoms with Gasteiger partial charge in [-0.15, -0.1) is 0 Å². The van der Waals surface area contributed by atoms with Crippen molar-refractivity contribution in [2.75, 3.05) is 13.2 Å². The molecule has 66 heavy (non-hydrogen) atoms. The second-order valence-electron chi connectivity index (χ2n) is 18.1. The van der Waals surface area contributed by atoms with Gasteiger partial charge in [-0.25, -0.2) is 0 Å². The van der Waals surface area contributed by atoms with Crippen molar-refractivity contribution in [3.63, 3.8) is 0 Å². The summed E-state index contributed by atoms with van der Waals surface area (Å²) in [7, 11) is 0. The Bertz CT molecular complexity index is 1290. The number of carbonyl (C=O) groups excluding carboxylic acids is 3. The van der Waals surface area contributed by atoms with Crippen molar-refractivity contribution in [2.24, 2.45) is 0 Å². The molecular weight excluding hydrogens is 817 g/mol. The number of esters is 3. The van der Waals surface area contributed by atoms with E-state index in [1.807, 2.05) is 6.08 Å². The molecule has 0 heterocycles. The summed E-state index contributed by atoms with van der Waals surface area (Å²) >= 11 is 0. The zero-order valence-corrected chi connectivity index (χ0v) is 43.2. The SMILES string of the molecule is CC/C=C\C/C=C\C/C=C\CCCCCCCCC(=O)OC(COC(=O)CC/C=C\C/C=C\CCCCCCCC)COC(=O)CCCCCCCCCCCC/C=C\C=C/CCCCC. The average Bonchev–Trinajstić information content (AvgIpc) is 3.31. The molecular formula is C60H102O6. The van der Waals surface area contributed by atoms with Crippen molar-refractivity contribution >= 4 is 17.9 Å². The van der Waals surface area contributed by atoms with Gasteiger partial charge in [0.1, 0.15) is 13.2 Å². The first kappa shape index (κ1) is 62.6. The van der Waals surface area contributed by atoms with E-state index in [9.17, 15) is 14.4 Å². The molecule has 1 unspecified atom stereocenters. The van der Waals surface area contributed by atoms with Gasteiger partial charge < -0.3 is 14.2 Å². The Kier molecular flexibility index (Phi) is 51.4. The molecule has 0 saturated carbocycles. The van der Waals surface area contributed by atoms with Crippen LogP contribution >= 0.6 is 0 Å². The van der Waals surface area contributed by atoms with Crippen molar-refractivity contribution in [3.8, 4) is 0 Å². The van der Waals surface area contributed by atoms with Crippen LogP contribution in [0.3, 0.4) is 0 Å². The summed E-state index contributed by atoms with van der Waals surface area (Å²) in [5.74, 6) is -0.985. The predicted octanol–water partition coefficient (Wildman–Crippen LogP) is 18.4. The lowest BCUT2D eigenvalue weighted by Crippen LogP contribution is -2.30. The van der Waals surface area contributed by atoms with Gasteiger partial charge in [-0.1, -0.05) is 228 Å². The third kappa shape index (κ3) is 51.6. The van der Waals surface area contributed by atoms with Crippen LogP contribution in [0.1, 0.15) is 258 Å². The normalized spacial score (nSPS) is 12.7. The van der Waals surface area contributed by atoms with Gasteiger partial charge in [-0.3, -0.25) is 14.4 Å². The molecule has 0 rings (SSSR count). The highest BCUT2D eigenvalue weighted by atomic mass is 16.6. The van der Waals surface area contributed by atoms with Crippen molar-refractivity contribution < 1.29 is 28.6 Å². The Hall–Kier alpha value is -3.41. The number of rotatable bonds is 49. The summed E-state index contributed by atoms with van der Waals surface area (Å²) in [6.45, 7) is 6.43. The molecule has 0 amide bonds. The molecule has 0 bridgehead atoms. The molecule has 0 aliphatic heterocycles. The van der Waals surface area contributed by atoms with Crippen LogP contribution in [0.5, 0.6) is 0 Å². The molecule has 0 saturated heterocycles. The number of carbonyl (C=O) groups is 3. The average molecular weight is 919 g/mol. The Balaban J connectivity index is 4.43. The fourth-order valence-corrected chi connectivity index (χ4v) is 7.50. The second-order valence-corrected chi connectivity index (χ2v) is 18.1. The maximum absolute atomic E-state index is 12.8. The minimum absolute atomic E-state index is 0.101. The first-order valence-corrected chi connectivity index (χ1v) is 27.6. The maximum Gasteiger partial charge on any atom is 0.306 e. The second kappa shape index (κ2) is 54.2. The van der Waals surface area contributed by atoms with Gasteiger partial charge in [0, 0.05) is 19.3 Å². The van der Waals surface area contributed by atoms with E-state index in [1.54, 1.807) is 0 Å². The third-order valence-electron chi connectivity index (χ3n) is 11.6. The quantitative estimate of drug-likeness (QED) is 0.0199. The first-order valence-electron chi connectivity index (χ1n) is 27.6. The van der Waals surface area contributed by atoms with Gasteiger partial charge in [0.25, 0.3) is 0 Å². The zero-order valence-electron chi connectivity index (χ0n) is 43.2. The van der Waals surface area contributed by atoms with Gasteiger partial charge >= 0.3 is 17.9 Å². The van der Waals surface area contributed by atoms with E-state index in [-0.39, 0.29) is 37.5 Å². The van der Waals surface area contributed by atoms with Crippen LogP contribution in [0.15, 0.2) is 85.1 Å². The van der Waals surface area contributed by atoms with Gasteiger partial charge in [0.05, 0.1) is 0 Å². The molecule has 1 atom stereocenters. The first-order chi connectivity index (χ1) is 32.5. The Morgan fingerprint density at radius 3 is 1.14 bits per heavy atom. The van der Waals surface area contributed by atoms with E-state index >= 15 is 0 Å². The van der Waals surface area contributed by atoms with Gasteiger partial charge in [-0.2, -0.15) is 0 Å². The molecule has 0 aliphatic rings. The molecule has 6 nitrogen and oxygen atoms in total. The smallest absolute Gasteiger partial charge is 0.306 e. The van der Waals surface area contributed by atoms with Crippen LogP contribution in [-0.2, 0) is 28.6 Å². The van der Waals surface area contributed by atoms with Gasteiger partial charge in [0.15, 0.2) is 6.10 Å². The van der Waals surface area contributed by atoms with E-state index in [4.69, 9.17) is 14.2 Å². The van der Waals surface area contributed by atoms with E-state index in [1.165, 1.54) is 128 Å². The summed E-state index contributed by atoms with van der Waals surface area (Å²) in [4.78, 5) is 38.0. The molecule has 6 heteroatoms. The molecule has 0 radical (unpaired) electrons. The summed E-state index contributed by atoms with van der Waals surface area (Å²) in [5, 5.41) is 0. The number of unbranched alkanes of at least 4 members (excludes halogenated alkanes) is 25. The van der Waals surface area contributed by atoms with Crippen molar-refractivity contribution in [1.29, 1.82) is 0 Å². The fraction of sp³-hybridized carbons (Fsp3) is 0.717. The Morgan fingerprint density at radius 1 is 0.333 bits per heavy atom. The van der Waals surface area contributed by atoms with Crippen molar-refractivity contribution in [1.82, 2.24) is 0 Å². The maximum atomic E-state index is 12.8. The monoisotopic (exact) mass is 919 g/mol. The summed E-state index contributed by atoms with van der Waals surface area (Å²) in [6, 6.07) is 0. The summed E-state index contributed by atoms with van der Waals surface area (Å²) in [6.07, 6.45) is 70.1. The van der Waals surface area contributed by atoms with E-state index in [0.29, 0.717) is 19.3 Å². The third-order valence-corrected chi connectivity index (χ3v) is 11.6. The molecule has 0 aromatic heterocycles. The molecule has 0 spiro atoms. The Morgan fingerprint density at radius 2 is 0.667 bits per heavy atom. The van der Waals surface area contributed by atoms with Crippen LogP contribution < -0.4 is 0 Å². The molecule has 0 aliphatic carbocycles. The molecule has 0 fully saturated rings. The van der Waals surface area contributed by atoms with Crippen molar-refractivity contribution in [3.05, 3.63) is 85.1 Å². The minimum atomic E-state index is -0.808. The van der Waals surface area contributed by atoms with Crippen LogP contribution in [0.2, 0.25) is 0 Å². The van der Waals surface area contributed by atoms with Crippen LogP contribution in [0, 0.1) is 0 Å². The number of hydrogen-bond acceptors (Lipinski definition) is 6. The number of allylic oxidation sites excluding steroid dienone is 14. The topological polar surface area (TPSA) is 78.9 Å². The fourth-order valence-electron chi connectivity index (χ4n) is 7.50. The lowest BCUT2D eigenvalue weighted by atomic mass is 10.1. The van der Waals surface area contributed by atoms with Crippen LogP contribution in [-0.4, -0.2) is 37.2 Å².